The fraction of sp³-hybridized carbons (Fsp3) is 0.438. The number of nitrogens with one attached hydrogen (secondary N) is 4. The predicted octanol–water partition coefficient (Wildman–Crippen LogP) is 4.95. The van der Waals surface area contributed by atoms with Crippen molar-refractivity contribution in [2.45, 2.75) is 56.7 Å². The Kier molecular flexibility index (Phi) is 11.2. The molecule has 0 spiro atoms. The van der Waals surface area contributed by atoms with E-state index in [2.05, 4.69) is 36.2 Å². The number of rotatable bonds is 13. The molecule has 0 radical (unpaired) electrons. The maximum atomic E-state index is 12.9. The quantitative estimate of drug-likeness (QED) is 0.145. The number of unbranched alkanes of at least 4 members (excludes halogenated alkanes) is 1. The summed E-state index contributed by atoms with van der Waals surface area (Å²) in [6, 6.07) is 13.1. The third-order valence-corrected chi connectivity index (χ3v) is 8.15. The lowest BCUT2D eigenvalue weighted by molar-refractivity contribution is -0.154. The molecule has 3 aromatic rings. The van der Waals surface area contributed by atoms with Gasteiger partial charge in [-0.1, -0.05) is 23.7 Å². The molecule has 256 valence electrons. The molecule has 48 heavy (non-hydrogen) atoms. The minimum Gasteiger partial charge on any atom is -0.454 e. The van der Waals surface area contributed by atoms with Crippen LogP contribution in [0.2, 0.25) is 5.02 Å². The Balaban J connectivity index is 1.12. The first kappa shape index (κ1) is 34.7. The average molecular weight is 689 g/mol. The highest BCUT2D eigenvalue weighted by Gasteiger charge is 2.45. The van der Waals surface area contributed by atoms with Gasteiger partial charge >= 0.3 is 24.0 Å². The van der Waals surface area contributed by atoms with Gasteiger partial charge in [-0.2, -0.15) is 28.1 Å². The fourth-order valence-electron chi connectivity index (χ4n) is 5.18. The molecule has 1 aromatic heterocycles. The lowest BCUT2D eigenvalue weighted by atomic mass is 10.1. The van der Waals surface area contributed by atoms with Crippen molar-refractivity contribution in [3.63, 3.8) is 0 Å². The zero-order valence-electron chi connectivity index (χ0n) is 26.0. The van der Waals surface area contributed by atoms with Gasteiger partial charge in [0.15, 0.2) is 6.61 Å². The van der Waals surface area contributed by atoms with Gasteiger partial charge in [0.25, 0.3) is 5.91 Å². The Morgan fingerprint density at radius 3 is 2.15 bits per heavy atom. The highest BCUT2D eigenvalue weighted by Crippen LogP contribution is 2.48. The molecule has 2 aromatic carbocycles. The number of nitrogens with zero attached hydrogens (tertiary/aromatic N) is 4. The molecule has 1 saturated heterocycles. The summed E-state index contributed by atoms with van der Waals surface area (Å²) in [6.07, 6.45) is 0.981. The topological polar surface area (TPSA) is 150 Å². The van der Waals surface area contributed by atoms with Crippen LogP contribution < -0.4 is 26.0 Å². The van der Waals surface area contributed by atoms with E-state index in [0.717, 1.165) is 37.7 Å². The van der Waals surface area contributed by atoms with Crippen molar-refractivity contribution in [1.29, 1.82) is 0 Å². The number of piperidine rings is 1. The minimum atomic E-state index is -4.59. The first-order chi connectivity index (χ1) is 23.0. The summed E-state index contributed by atoms with van der Waals surface area (Å²) in [5, 5.41) is 12.2. The third-order valence-electron chi connectivity index (χ3n) is 7.89. The van der Waals surface area contributed by atoms with Crippen LogP contribution in [0.1, 0.15) is 60.9 Å². The second-order valence-corrected chi connectivity index (χ2v) is 12.1. The van der Waals surface area contributed by atoms with Crippen molar-refractivity contribution in [2.75, 3.05) is 43.4 Å². The SMILES string of the molecule is O=C(NCCCCNC(=O)c1ccc(Nc2nc(NC3(c4ccc(Cl)cc4)CC3)nc(OCC(F)(F)F)n2)cc1)C(=O)N1CCCCC1. The number of carbonyl (C=O) groups is 3. The third kappa shape index (κ3) is 9.92. The largest absolute Gasteiger partial charge is 0.454 e. The second kappa shape index (κ2) is 15.5. The number of carbonyl (C=O) groups excluding carboxylic acids is 3. The predicted molar refractivity (Wildman–Crippen MR) is 172 cm³/mol. The highest BCUT2D eigenvalue weighted by atomic mass is 35.5. The van der Waals surface area contributed by atoms with Crippen molar-refractivity contribution in [1.82, 2.24) is 30.5 Å². The van der Waals surface area contributed by atoms with Gasteiger partial charge in [0.05, 0.1) is 5.54 Å². The fourth-order valence-corrected chi connectivity index (χ4v) is 5.31. The first-order valence-electron chi connectivity index (χ1n) is 15.7. The number of aromatic nitrogens is 3. The number of amides is 3. The maximum Gasteiger partial charge on any atom is 0.422 e. The van der Waals surface area contributed by atoms with E-state index in [9.17, 15) is 27.6 Å². The maximum absolute atomic E-state index is 12.9. The number of hydrogen-bond donors (Lipinski definition) is 4. The Labute approximate surface area is 280 Å². The molecule has 0 atom stereocenters. The van der Waals surface area contributed by atoms with Gasteiger partial charge in [-0.3, -0.25) is 14.4 Å². The molecule has 3 amide bonds. The van der Waals surface area contributed by atoms with Crippen LogP contribution in [-0.4, -0.2) is 76.5 Å². The Bertz CT molecular complexity index is 1580. The molecular weight excluding hydrogens is 653 g/mol. The van der Waals surface area contributed by atoms with Gasteiger partial charge in [0.2, 0.25) is 11.9 Å². The molecule has 1 saturated carbocycles. The molecule has 16 heteroatoms. The van der Waals surface area contributed by atoms with Crippen LogP contribution in [0.4, 0.5) is 30.8 Å². The normalized spacial score (nSPS) is 15.3. The van der Waals surface area contributed by atoms with Crippen molar-refractivity contribution in [3.05, 3.63) is 64.7 Å². The number of alkyl halides is 3. The summed E-state index contributed by atoms with van der Waals surface area (Å²) in [4.78, 5) is 50.9. The van der Waals surface area contributed by atoms with Crippen molar-refractivity contribution >= 4 is 46.9 Å². The molecule has 2 heterocycles. The summed E-state index contributed by atoms with van der Waals surface area (Å²) in [7, 11) is 0. The summed E-state index contributed by atoms with van der Waals surface area (Å²) in [5.41, 5.74) is 1.28. The highest BCUT2D eigenvalue weighted by molar-refractivity contribution is 6.35. The van der Waals surface area contributed by atoms with Gasteiger partial charge in [-0.15, -0.1) is 0 Å². The molecule has 1 aliphatic carbocycles. The number of benzene rings is 2. The van der Waals surface area contributed by atoms with Crippen molar-refractivity contribution < 1.29 is 32.3 Å². The standard InChI is InChI=1S/C32H36ClF3N8O4/c33-23-10-8-22(9-11-23)31(14-15-31)43-29-40-28(41-30(42-29)48-20-32(34,35)36)39-24-12-6-21(7-13-24)25(45)37-16-2-3-17-38-26(46)27(47)44-18-4-1-5-19-44/h6-13H,1-5,14-20H2,(H,37,45)(H,38,46)(H2,39,40,41,42,43). The van der Waals surface area contributed by atoms with Crippen LogP contribution in [0.3, 0.4) is 0 Å². The first-order valence-corrected chi connectivity index (χ1v) is 16.1. The zero-order valence-corrected chi connectivity index (χ0v) is 26.8. The summed E-state index contributed by atoms with van der Waals surface area (Å²) < 4.78 is 43.5. The lowest BCUT2D eigenvalue weighted by Crippen LogP contribution is -2.45. The van der Waals surface area contributed by atoms with Gasteiger partial charge in [-0.25, -0.2) is 0 Å². The van der Waals surface area contributed by atoms with Crippen molar-refractivity contribution in [2.24, 2.45) is 0 Å². The Morgan fingerprint density at radius 1 is 0.854 bits per heavy atom. The van der Waals surface area contributed by atoms with Gasteiger partial charge in [0.1, 0.15) is 0 Å². The van der Waals surface area contributed by atoms with Crippen LogP contribution in [-0.2, 0) is 15.1 Å². The molecule has 0 bridgehead atoms. The second-order valence-electron chi connectivity index (χ2n) is 11.7. The molecule has 5 rings (SSSR count). The lowest BCUT2D eigenvalue weighted by Gasteiger charge is -2.25. The van der Waals surface area contributed by atoms with Crippen LogP contribution in [0.5, 0.6) is 6.01 Å². The molecule has 2 aliphatic rings. The summed E-state index contributed by atoms with van der Waals surface area (Å²) in [6.45, 7) is 0.342. The smallest absolute Gasteiger partial charge is 0.422 e. The Hall–Kier alpha value is -4.66. The zero-order chi connectivity index (χ0) is 34.1. The minimum absolute atomic E-state index is 0.0290. The molecule has 0 unspecified atom stereocenters. The number of hydrogen-bond acceptors (Lipinski definition) is 9. The van der Waals surface area contributed by atoms with Crippen molar-refractivity contribution in [3.8, 4) is 6.01 Å². The van der Waals surface area contributed by atoms with E-state index in [1.54, 1.807) is 41.3 Å². The number of halogens is 4. The van der Waals surface area contributed by atoms with E-state index < -0.39 is 36.1 Å². The molecule has 1 aliphatic heterocycles. The van der Waals surface area contributed by atoms with Crippen LogP contribution in [0, 0.1) is 0 Å². The van der Waals surface area contributed by atoms with E-state index in [1.807, 2.05) is 12.1 Å². The monoisotopic (exact) mass is 688 g/mol. The van der Waals surface area contributed by atoms with E-state index in [-0.39, 0.29) is 17.8 Å². The summed E-state index contributed by atoms with van der Waals surface area (Å²) >= 11 is 6.02. The molecular formula is C32H36ClF3N8O4. The van der Waals surface area contributed by atoms with E-state index in [4.69, 9.17) is 16.3 Å². The van der Waals surface area contributed by atoms with Gasteiger partial charge < -0.3 is 30.9 Å². The van der Waals surface area contributed by atoms with Crippen LogP contribution in [0.25, 0.3) is 0 Å². The van der Waals surface area contributed by atoms with E-state index in [1.165, 1.54) is 0 Å². The van der Waals surface area contributed by atoms with Gasteiger partial charge in [-0.05, 0) is 86.9 Å². The van der Waals surface area contributed by atoms with E-state index in [0.29, 0.717) is 55.3 Å². The molecule has 2 fully saturated rings. The number of anilines is 3. The number of ether oxygens (including phenoxy) is 1. The molecule has 4 N–H and O–H groups in total. The van der Waals surface area contributed by atoms with Crippen LogP contribution in [0.15, 0.2) is 48.5 Å². The van der Waals surface area contributed by atoms with Gasteiger partial charge in [0, 0.05) is 42.5 Å². The summed E-state index contributed by atoms with van der Waals surface area (Å²) in [5.74, 6) is -1.43. The number of likely N-dealkylation sites (tertiary alicyclic amines) is 1. The average Bonchev–Trinajstić information content (AvgIpc) is 3.85. The van der Waals surface area contributed by atoms with E-state index >= 15 is 0 Å². The molecule has 12 nitrogen and oxygen atoms in total. The van der Waals surface area contributed by atoms with Crippen LogP contribution >= 0.6 is 11.6 Å². The Morgan fingerprint density at radius 2 is 1.50 bits per heavy atom.